The lowest BCUT2D eigenvalue weighted by molar-refractivity contribution is -0.158. The predicted molar refractivity (Wildman–Crippen MR) is 105 cm³/mol. The van der Waals surface area contributed by atoms with Gasteiger partial charge in [-0.25, -0.2) is 9.97 Å². The lowest BCUT2D eigenvalue weighted by Gasteiger charge is -2.19. The fourth-order valence-corrected chi connectivity index (χ4v) is 2.40. The lowest BCUT2D eigenvalue weighted by atomic mass is 10.0. The Morgan fingerprint density at radius 3 is 2.60 bits per heavy atom. The Morgan fingerprint density at radius 2 is 1.90 bits per heavy atom. The Kier molecular flexibility index (Phi) is 2.68. The molecule has 8 heteroatoms. The van der Waals surface area contributed by atoms with Gasteiger partial charge in [0.05, 0.1) is 35.1 Å². The molecule has 1 amide bonds. The summed E-state index contributed by atoms with van der Waals surface area (Å²) < 4.78 is 135. The summed E-state index contributed by atoms with van der Waals surface area (Å²) in [6.07, 6.45) is -5.22. The van der Waals surface area contributed by atoms with Crippen molar-refractivity contribution in [3.63, 3.8) is 0 Å². The fraction of sp³-hybridized carbons (Fsp3) is 0.227. The van der Waals surface area contributed by atoms with Crippen LogP contribution >= 0.6 is 0 Å². The van der Waals surface area contributed by atoms with Crippen LogP contribution in [-0.4, -0.2) is 40.0 Å². The molecule has 3 aromatic rings. The van der Waals surface area contributed by atoms with Crippen molar-refractivity contribution in [2.24, 2.45) is 0 Å². The van der Waals surface area contributed by atoms with Crippen LogP contribution in [0.2, 0.25) is 0 Å². The van der Waals surface area contributed by atoms with Gasteiger partial charge >= 0.3 is 6.11 Å². The van der Waals surface area contributed by atoms with Crippen LogP contribution in [-0.2, 0) is 6.54 Å². The van der Waals surface area contributed by atoms with E-state index in [1.807, 2.05) is 0 Å². The highest BCUT2D eigenvalue weighted by Gasteiger charge is 2.25. The van der Waals surface area contributed by atoms with Gasteiger partial charge < -0.3 is 14.4 Å². The van der Waals surface area contributed by atoms with Gasteiger partial charge in [0.25, 0.3) is 5.91 Å². The van der Waals surface area contributed by atoms with Crippen LogP contribution in [0.3, 0.4) is 0 Å². The highest BCUT2D eigenvalue weighted by molar-refractivity contribution is 5.98. The van der Waals surface area contributed by atoms with Crippen molar-refractivity contribution in [2.75, 3.05) is 13.1 Å². The molecule has 0 fully saturated rings. The first-order chi connectivity index (χ1) is 19.3. The largest absolute Gasteiger partial charge is 0.491 e. The number of ether oxygens (including phenoxy) is 2. The number of aromatic nitrogens is 2. The average molecular weight is 423 g/mol. The van der Waals surface area contributed by atoms with Gasteiger partial charge in [-0.3, -0.25) is 4.79 Å². The molecule has 30 heavy (non-hydrogen) atoms. The summed E-state index contributed by atoms with van der Waals surface area (Å²) in [5.41, 5.74) is -2.33. The molecule has 0 bridgehead atoms. The van der Waals surface area contributed by atoms with Gasteiger partial charge in [-0.15, -0.1) is 0 Å². The molecular formula is C22H19F2N3O3. The van der Waals surface area contributed by atoms with Gasteiger partial charge in [0, 0.05) is 19.3 Å². The first kappa shape index (κ1) is 9.97. The van der Waals surface area contributed by atoms with Crippen molar-refractivity contribution in [3.05, 3.63) is 72.1 Å². The van der Waals surface area contributed by atoms with E-state index in [0.29, 0.717) is 11.8 Å². The van der Waals surface area contributed by atoms with Crippen LogP contribution in [0.25, 0.3) is 11.1 Å². The second-order valence-electron chi connectivity index (χ2n) is 5.89. The van der Waals surface area contributed by atoms with E-state index in [-0.39, 0.29) is 0 Å². The molecule has 0 N–H and O–H groups in total. The van der Waals surface area contributed by atoms with Crippen LogP contribution in [0.15, 0.2) is 60.7 Å². The van der Waals surface area contributed by atoms with E-state index in [4.69, 9.17) is 21.2 Å². The van der Waals surface area contributed by atoms with Gasteiger partial charge in [-0.2, -0.15) is 8.78 Å². The van der Waals surface area contributed by atoms with Crippen molar-refractivity contribution in [3.8, 4) is 22.6 Å². The van der Waals surface area contributed by atoms with Crippen LogP contribution < -0.4 is 9.47 Å². The zero-order valence-electron chi connectivity index (χ0n) is 27.2. The smallest absolute Gasteiger partial charge is 0.394 e. The van der Waals surface area contributed by atoms with Gasteiger partial charge in [-0.05, 0) is 41.3 Å². The van der Waals surface area contributed by atoms with E-state index in [1.165, 1.54) is 0 Å². The predicted octanol–water partition coefficient (Wildman–Crippen LogP) is 4.17. The monoisotopic (exact) mass is 423 g/mol. The second kappa shape index (κ2) is 8.06. The summed E-state index contributed by atoms with van der Waals surface area (Å²) in [6, 6.07) is -7.50. The maximum atomic E-state index is 13.8. The summed E-state index contributed by atoms with van der Waals surface area (Å²) in [6.45, 7) is -4.05. The van der Waals surface area contributed by atoms with Crippen molar-refractivity contribution in [1.82, 2.24) is 14.9 Å². The van der Waals surface area contributed by atoms with E-state index < -0.39 is 126 Å². The van der Waals surface area contributed by atoms with Gasteiger partial charge in [-0.1, -0.05) is 18.1 Å². The van der Waals surface area contributed by atoms with Crippen LogP contribution in [0.1, 0.15) is 39.6 Å². The molecule has 0 spiro atoms. The number of halogens is 2. The number of hydrogen-bond acceptors (Lipinski definition) is 5. The normalized spacial score (nSPS) is 21.3. The first-order valence-electron chi connectivity index (χ1n) is 14.3. The maximum absolute atomic E-state index is 13.8. The second-order valence-corrected chi connectivity index (χ2v) is 5.89. The molecule has 1 aliphatic rings. The van der Waals surface area contributed by atoms with E-state index in [2.05, 4.69) is 14.7 Å². The zero-order valence-corrected chi connectivity index (χ0v) is 15.2. The van der Waals surface area contributed by atoms with Gasteiger partial charge in [0.15, 0.2) is 0 Å². The third kappa shape index (κ3) is 4.53. The van der Waals surface area contributed by atoms with Crippen molar-refractivity contribution >= 4 is 5.91 Å². The molecule has 1 aromatic heterocycles. The summed E-state index contributed by atoms with van der Waals surface area (Å²) in [4.78, 5) is 21.6. The van der Waals surface area contributed by atoms with Crippen molar-refractivity contribution < 1.29 is 39.5 Å². The number of amides is 1. The highest BCUT2D eigenvalue weighted by atomic mass is 19.3. The molecule has 154 valence electrons. The topological polar surface area (TPSA) is 64.6 Å². The highest BCUT2D eigenvalue weighted by Crippen LogP contribution is 2.31. The molecule has 2 aromatic carbocycles. The minimum absolute atomic E-state index is 0.313. The number of rotatable bonds is 5. The van der Waals surface area contributed by atoms with E-state index in [0.717, 1.165) is 0 Å². The van der Waals surface area contributed by atoms with Gasteiger partial charge in [0.1, 0.15) is 23.9 Å². The Labute approximate surface area is 189 Å². The Balaban J connectivity index is 1.96. The van der Waals surface area contributed by atoms with Crippen LogP contribution in [0.5, 0.6) is 11.5 Å². The molecule has 4 rings (SSSR count). The summed E-state index contributed by atoms with van der Waals surface area (Å²) in [7, 11) is 0. The van der Waals surface area contributed by atoms with Crippen molar-refractivity contribution in [1.29, 1.82) is 0 Å². The Morgan fingerprint density at radius 1 is 1.20 bits per heavy atom. The quantitative estimate of drug-likeness (QED) is 0.616. The summed E-state index contributed by atoms with van der Waals surface area (Å²) in [5, 5.41) is 0. The van der Waals surface area contributed by atoms with Gasteiger partial charge in [0.2, 0.25) is 0 Å². The van der Waals surface area contributed by atoms with E-state index in [1.54, 1.807) is 0 Å². The lowest BCUT2D eigenvalue weighted by Crippen LogP contribution is -2.32. The first-order valence-corrected chi connectivity index (χ1v) is 8.35. The molecule has 0 aliphatic carbocycles. The van der Waals surface area contributed by atoms with Crippen LogP contribution in [0, 0.1) is 0 Å². The molecule has 2 heterocycles. The number of fused-ring (bicyclic) bond motifs is 1. The third-order valence-corrected chi connectivity index (χ3v) is 3.62. The number of benzene rings is 2. The molecule has 0 saturated heterocycles. The minimum atomic E-state index is -3.88. The molecule has 0 saturated carbocycles. The van der Waals surface area contributed by atoms with Crippen molar-refractivity contribution in [2.45, 2.75) is 19.6 Å². The molecule has 6 nitrogen and oxygen atoms in total. The summed E-state index contributed by atoms with van der Waals surface area (Å²) >= 11 is 0. The third-order valence-electron chi connectivity index (χ3n) is 3.62. The standard InChI is InChI=1S/C22H19F2N3O3/c1-22(23,24)30-17-6-3-15(4-7-17)16-5-8-19-18(13-16)21(28)27(11-12-29-19)14-20-25-9-2-10-26-20/h2-10,13H,11-12,14H2,1H3/i2D,3D,4D,5D,6D,7D,8D,9D,10D,11D2,13D. The summed E-state index contributed by atoms with van der Waals surface area (Å²) in [5.74, 6) is -3.50. The number of nitrogens with zero attached hydrogens (tertiary/aromatic N) is 3. The number of hydrogen-bond donors (Lipinski definition) is 0. The van der Waals surface area contributed by atoms with E-state index in [9.17, 15) is 13.6 Å². The minimum Gasteiger partial charge on any atom is -0.491 e. The Bertz CT molecular complexity index is 1600. The zero-order chi connectivity index (χ0) is 31.6. The number of carbonyl (C=O) groups excluding carboxylic acids is 1. The van der Waals surface area contributed by atoms with Crippen LogP contribution in [0.4, 0.5) is 8.78 Å². The molecule has 0 atom stereocenters. The Hall–Kier alpha value is -3.55. The molecule has 0 radical (unpaired) electrons. The average Bonchev–Trinajstić information content (AvgIpc) is 2.98. The fourth-order valence-electron chi connectivity index (χ4n) is 2.40. The number of carbonyl (C=O) groups is 1. The molecular weight excluding hydrogens is 392 g/mol. The number of alkyl halides is 2. The SMILES string of the molecule is [2H]c1nc(CN2C(=O)c3c([2H])c(-c4c([2H])c([2H])c(OC(C)(F)F)c([2H])c4[2H])c([2H])c([2H])c3OCC2([2H])[2H])nc([2H])c1[2H]. The van der Waals surface area contributed by atoms with E-state index >= 15 is 0 Å². The molecule has 0 unspecified atom stereocenters. The maximum Gasteiger partial charge on any atom is 0.394 e. The molecule has 1 aliphatic heterocycles.